The summed E-state index contributed by atoms with van der Waals surface area (Å²) in [7, 11) is -0.929. The molecule has 2 saturated heterocycles. The van der Waals surface area contributed by atoms with Crippen LogP contribution >= 0.6 is 0 Å². The molecule has 2 aliphatic rings. The summed E-state index contributed by atoms with van der Waals surface area (Å²) < 4.78 is 32.4. The molecule has 0 saturated carbocycles. The van der Waals surface area contributed by atoms with Gasteiger partial charge >= 0.3 is 0 Å². The van der Waals surface area contributed by atoms with E-state index in [0.29, 0.717) is 25.6 Å². The Balaban J connectivity index is 1.54. The van der Waals surface area contributed by atoms with Crippen LogP contribution in [0.2, 0.25) is 0 Å². The first-order valence-corrected chi connectivity index (χ1v) is 10.9. The third kappa shape index (κ3) is 4.42. The Bertz CT molecular complexity index is 655. The quantitative estimate of drug-likeness (QED) is 0.776. The van der Waals surface area contributed by atoms with Gasteiger partial charge < -0.3 is 4.74 Å². The molecule has 1 atom stereocenters. The van der Waals surface area contributed by atoms with Crippen molar-refractivity contribution in [1.82, 2.24) is 9.21 Å². The van der Waals surface area contributed by atoms with E-state index in [1.165, 1.54) is 5.56 Å². The molecule has 3 rings (SSSR count). The second kappa shape index (κ2) is 7.74. The van der Waals surface area contributed by atoms with Crippen LogP contribution in [0.4, 0.5) is 0 Å². The monoisotopic (exact) mass is 366 g/mol. The maximum atomic E-state index is 12.2. The molecular formula is C19H30N2O3S. The largest absolute Gasteiger partial charge is 0.373 e. The average molecular weight is 367 g/mol. The van der Waals surface area contributed by atoms with Crippen LogP contribution in [0.3, 0.4) is 0 Å². The molecule has 0 amide bonds. The maximum absolute atomic E-state index is 12.2. The molecule has 0 N–H and O–H groups in total. The molecule has 0 aliphatic carbocycles. The Kier molecular flexibility index (Phi) is 5.83. The second-order valence-electron chi connectivity index (χ2n) is 7.47. The number of hydrogen-bond acceptors (Lipinski definition) is 4. The smallest absolute Gasteiger partial charge is 0.214 e. The normalized spacial score (nSPS) is 24.2. The third-order valence-corrected chi connectivity index (χ3v) is 7.65. The van der Waals surface area contributed by atoms with Crippen LogP contribution in [0, 0.1) is 0 Å². The topological polar surface area (TPSA) is 49.9 Å². The number of piperidine rings is 1. The van der Waals surface area contributed by atoms with Gasteiger partial charge in [0, 0.05) is 25.7 Å². The fraction of sp³-hybridized carbons (Fsp3) is 0.684. The van der Waals surface area contributed by atoms with Crippen molar-refractivity contribution in [3.63, 3.8) is 0 Å². The van der Waals surface area contributed by atoms with E-state index in [-0.39, 0.29) is 11.4 Å². The minimum absolute atomic E-state index is 0.131. The molecule has 1 aromatic rings. The highest BCUT2D eigenvalue weighted by Gasteiger charge is 2.45. The summed E-state index contributed by atoms with van der Waals surface area (Å²) in [4.78, 5) is 2.37. The molecule has 140 valence electrons. The molecule has 5 nitrogen and oxygen atoms in total. The third-order valence-electron chi connectivity index (χ3n) is 5.58. The number of sulfonamides is 1. The lowest BCUT2D eigenvalue weighted by Crippen LogP contribution is -2.47. The van der Waals surface area contributed by atoms with Gasteiger partial charge in [0.25, 0.3) is 0 Å². The lowest BCUT2D eigenvalue weighted by molar-refractivity contribution is -0.0316. The minimum Gasteiger partial charge on any atom is -0.373 e. The van der Waals surface area contributed by atoms with Crippen molar-refractivity contribution < 1.29 is 13.2 Å². The Labute approximate surface area is 152 Å². The Morgan fingerprint density at radius 1 is 1.24 bits per heavy atom. The van der Waals surface area contributed by atoms with Crippen LogP contribution in [0.5, 0.6) is 0 Å². The van der Waals surface area contributed by atoms with Crippen molar-refractivity contribution in [2.24, 2.45) is 0 Å². The average Bonchev–Trinajstić information content (AvgIpc) is 3.00. The van der Waals surface area contributed by atoms with E-state index in [9.17, 15) is 8.42 Å². The van der Waals surface area contributed by atoms with Crippen molar-refractivity contribution >= 4 is 10.0 Å². The number of nitrogens with zero attached hydrogens (tertiary/aromatic N) is 2. The van der Waals surface area contributed by atoms with E-state index in [2.05, 4.69) is 36.2 Å². The standard InChI is InChI=1S/C19H30N2O3S/c1-3-13-25(22,23)21-11-9-19(10-12-21)14-18(16-24-19)20(2)15-17-7-5-4-6-8-17/h4-8,18H,3,9-16H2,1-2H3/t18-/m0/s1. The first-order valence-electron chi connectivity index (χ1n) is 9.30. The predicted molar refractivity (Wildman–Crippen MR) is 99.9 cm³/mol. The first kappa shape index (κ1) is 18.8. The molecule has 1 spiro atoms. The molecule has 25 heavy (non-hydrogen) atoms. The Hall–Kier alpha value is -0.950. The van der Waals surface area contributed by atoms with E-state index >= 15 is 0 Å². The van der Waals surface area contributed by atoms with Gasteiger partial charge in [0.05, 0.1) is 18.0 Å². The van der Waals surface area contributed by atoms with E-state index in [1.54, 1.807) is 4.31 Å². The Morgan fingerprint density at radius 2 is 1.92 bits per heavy atom. The van der Waals surface area contributed by atoms with Crippen LogP contribution in [0.25, 0.3) is 0 Å². The Morgan fingerprint density at radius 3 is 2.56 bits per heavy atom. The molecule has 1 aromatic carbocycles. The highest BCUT2D eigenvalue weighted by atomic mass is 32.2. The van der Waals surface area contributed by atoms with Gasteiger partial charge in [-0.05, 0) is 38.3 Å². The lowest BCUT2D eigenvalue weighted by atomic mass is 9.88. The van der Waals surface area contributed by atoms with Gasteiger partial charge in [-0.25, -0.2) is 12.7 Å². The zero-order valence-corrected chi connectivity index (χ0v) is 16.2. The van der Waals surface area contributed by atoms with Gasteiger partial charge in [-0.3, -0.25) is 4.90 Å². The first-order chi connectivity index (χ1) is 11.9. The van der Waals surface area contributed by atoms with E-state index < -0.39 is 10.0 Å². The minimum atomic E-state index is -3.08. The van der Waals surface area contributed by atoms with Gasteiger partial charge in [0.2, 0.25) is 10.0 Å². The summed E-state index contributed by atoms with van der Waals surface area (Å²) in [6, 6.07) is 10.9. The molecular weight excluding hydrogens is 336 g/mol. The summed E-state index contributed by atoms with van der Waals surface area (Å²) in [6.07, 6.45) is 3.29. The summed E-state index contributed by atoms with van der Waals surface area (Å²) in [5.74, 6) is 0.253. The van der Waals surface area contributed by atoms with Gasteiger partial charge in [-0.1, -0.05) is 37.3 Å². The highest BCUT2D eigenvalue weighted by Crippen LogP contribution is 2.38. The van der Waals surface area contributed by atoms with Crippen LogP contribution in [0.15, 0.2) is 30.3 Å². The zero-order chi connectivity index (χ0) is 17.9. The SMILES string of the molecule is CCCS(=O)(=O)N1CCC2(CC1)C[C@H](N(C)Cc1ccccc1)CO2. The van der Waals surface area contributed by atoms with Crippen LogP contribution in [-0.2, 0) is 21.3 Å². The van der Waals surface area contributed by atoms with Crippen LogP contribution in [-0.4, -0.2) is 61.8 Å². The van der Waals surface area contributed by atoms with Crippen molar-refractivity contribution in [3.8, 4) is 0 Å². The molecule has 2 aliphatic heterocycles. The maximum Gasteiger partial charge on any atom is 0.214 e. The molecule has 6 heteroatoms. The number of hydrogen-bond donors (Lipinski definition) is 0. The van der Waals surface area contributed by atoms with Gasteiger partial charge in [-0.15, -0.1) is 0 Å². The van der Waals surface area contributed by atoms with E-state index in [0.717, 1.165) is 32.4 Å². The molecule has 2 heterocycles. The number of likely N-dealkylation sites (N-methyl/N-ethyl adjacent to an activating group) is 1. The van der Waals surface area contributed by atoms with Gasteiger partial charge in [-0.2, -0.15) is 0 Å². The van der Waals surface area contributed by atoms with Crippen molar-refractivity contribution in [1.29, 1.82) is 0 Å². The lowest BCUT2D eigenvalue weighted by Gasteiger charge is -2.38. The van der Waals surface area contributed by atoms with Crippen molar-refractivity contribution in [3.05, 3.63) is 35.9 Å². The summed E-state index contributed by atoms with van der Waals surface area (Å²) in [5, 5.41) is 0. The highest BCUT2D eigenvalue weighted by molar-refractivity contribution is 7.89. The molecule has 0 aromatic heterocycles. The number of ether oxygens (including phenoxy) is 1. The molecule has 0 unspecified atom stereocenters. The molecule has 0 radical (unpaired) electrons. The van der Waals surface area contributed by atoms with Gasteiger partial charge in [0.1, 0.15) is 0 Å². The van der Waals surface area contributed by atoms with Gasteiger partial charge in [0.15, 0.2) is 0 Å². The molecule has 2 fully saturated rings. The summed E-state index contributed by atoms with van der Waals surface area (Å²) >= 11 is 0. The fourth-order valence-corrected chi connectivity index (χ4v) is 5.52. The van der Waals surface area contributed by atoms with E-state index in [1.807, 2.05) is 13.0 Å². The summed E-state index contributed by atoms with van der Waals surface area (Å²) in [5.41, 5.74) is 1.18. The second-order valence-corrected chi connectivity index (χ2v) is 9.56. The fourth-order valence-electron chi connectivity index (χ4n) is 4.01. The number of benzene rings is 1. The van der Waals surface area contributed by atoms with E-state index in [4.69, 9.17) is 4.74 Å². The summed E-state index contributed by atoms with van der Waals surface area (Å²) in [6.45, 7) is 4.76. The molecule has 0 bridgehead atoms. The predicted octanol–water partition coefficient (Wildman–Crippen LogP) is 2.48. The van der Waals surface area contributed by atoms with Crippen molar-refractivity contribution in [2.45, 2.75) is 50.8 Å². The van der Waals surface area contributed by atoms with Crippen LogP contribution in [0.1, 0.15) is 38.2 Å². The zero-order valence-electron chi connectivity index (χ0n) is 15.4. The number of rotatable bonds is 6. The van der Waals surface area contributed by atoms with Crippen molar-refractivity contribution in [2.75, 3.05) is 32.5 Å². The van der Waals surface area contributed by atoms with Crippen LogP contribution < -0.4 is 0 Å².